The third kappa shape index (κ3) is 4.88. The summed E-state index contributed by atoms with van der Waals surface area (Å²) < 4.78 is 11.6. The van der Waals surface area contributed by atoms with Crippen LogP contribution in [0.25, 0.3) is 0 Å². The molecule has 3 atom stereocenters. The zero-order valence-electron chi connectivity index (χ0n) is 8.38. The van der Waals surface area contributed by atoms with Crippen molar-refractivity contribution >= 4 is 10.8 Å². The van der Waals surface area contributed by atoms with Crippen molar-refractivity contribution in [3.05, 3.63) is 0 Å². The summed E-state index contributed by atoms with van der Waals surface area (Å²) in [5.74, 6) is 1.41. The average molecular weight is 191 g/mol. The average Bonchev–Trinajstić information content (AvgIpc) is 2.04. The van der Waals surface area contributed by atoms with Crippen LogP contribution in [0, 0.1) is 5.92 Å². The zero-order chi connectivity index (χ0) is 9.56. The molecule has 0 saturated carbocycles. The summed E-state index contributed by atoms with van der Waals surface area (Å²) in [6.07, 6.45) is 1.99. The van der Waals surface area contributed by atoms with Crippen LogP contribution in [0.4, 0.5) is 0 Å². The molecule has 0 spiro atoms. The van der Waals surface area contributed by atoms with E-state index in [-0.39, 0.29) is 5.25 Å². The van der Waals surface area contributed by atoms with Gasteiger partial charge in [-0.3, -0.25) is 4.21 Å². The lowest BCUT2D eigenvalue weighted by atomic mass is 10.2. The number of nitrogens with two attached hydrogens (primary N) is 1. The predicted molar refractivity (Wildman–Crippen MR) is 55.6 cm³/mol. The third-order valence-electron chi connectivity index (χ3n) is 2.17. The molecular weight excluding hydrogens is 170 g/mol. The number of rotatable bonds is 6. The molecule has 0 radical (unpaired) electrons. The van der Waals surface area contributed by atoms with Gasteiger partial charge in [0.2, 0.25) is 0 Å². The van der Waals surface area contributed by atoms with E-state index in [1.165, 1.54) is 0 Å². The van der Waals surface area contributed by atoms with Crippen LogP contribution in [-0.4, -0.2) is 21.8 Å². The number of hydrogen-bond donors (Lipinski definition) is 1. The maximum Gasteiger partial charge on any atom is 0.0331 e. The van der Waals surface area contributed by atoms with Crippen LogP contribution < -0.4 is 5.73 Å². The minimum atomic E-state index is -0.675. The summed E-state index contributed by atoms with van der Waals surface area (Å²) in [7, 11) is -0.675. The SMILES string of the molecule is CCC(C)CS(=O)C(C)CCN. The third-order valence-corrected chi connectivity index (χ3v) is 4.20. The van der Waals surface area contributed by atoms with Crippen LogP contribution in [0.1, 0.15) is 33.6 Å². The second-order valence-corrected chi connectivity index (χ2v) is 5.35. The molecule has 2 N–H and O–H groups in total. The molecule has 0 aromatic heterocycles. The molecule has 0 fully saturated rings. The van der Waals surface area contributed by atoms with Gasteiger partial charge in [-0.05, 0) is 18.9 Å². The van der Waals surface area contributed by atoms with Gasteiger partial charge in [-0.1, -0.05) is 27.2 Å². The summed E-state index contributed by atoms with van der Waals surface area (Å²) in [4.78, 5) is 0. The lowest BCUT2D eigenvalue weighted by molar-refractivity contribution is 0.607. The molecule has 74 valence electrons. The van der Waals surface area contributed by atoms with Crippen molar-refractivity contribution in [3.8, 4) is 0 Å². The first-order valence-corrected chi connectivity index (χ1v) is 6.07. The van der Waals surface area contributed by atoms with Gasteiger partial charge >= 0.3 is 0 Å². The Kier molecular flexibility index (Phi) is 6.67. The molecule has 0 heterocycles. The van der Waals surface area contributed by atoms with Gasteiger partial charge in [-0.2, -0.15) is 0 Å². The molecule has 0 aliphatic carbocycles. The second kappa shape index (κ2) is 6.61. The largest absolute Gasteiger partial charge is 0.330 e. The van der Waals surface area contributed by atoms with E-state index in [1.807, 2.05) is 6.92 Å². The molecule has 0 rings (SSSR count). The van der Waals surface area contributed by atoms with Gasteiger partial charge in [-0.15, -0.1) is 0 Å². The van der Waals surface area contributed by atoms with Gasteiger partial charge in [0, 0.05) is 21.8 Å². The monoisotopic (exact) mass is 191 g/mol. The fourth-order valence-corrected chi connectivity index (χ4v) is 2.45. The van der Waals surface area contributed by atoms with Crippen LogP contribution >= 0.6 is 0 Å². The maximum absolute atomic E-state index is 11.6. The zero-order valence-corrected chi connectivity index (χ0v) is 9.19. The van der Waals surface area contributed by atoms with Crippen LogP contribution in [0.5, 0.6) is 0 Å². The highest BCUT2D eigenvalue weighted by Crippen LogP contribution is 2.08. The first-order chi connectivity index (χ1) is 5.61. The van der Waals surface area contributed by atoms with Crippen LogP contribution in [0.2, 0.25) is 0 Å². The lowest BCUT2D eigenvalue weighted by Crippen LogP contribution is -2.20. The van der Waals surface area contributed by atoms with Crippen molar-refractivity contribution in [1.82, 2.24) is 0 Å². The van der Waals surface area contributed by atoms with Gasteiger partial charge in [0.1, 0.15) is 0 Å². The highest BCUT2D eigenvalue weighted by Gasteiger charge is 2.12. The van der Waals surface area contributed by atoms with Crippen LogP contribution in [0.15, 0.2) is 0 Å². The van der Waals surface area contributed by atoms with Gasteiger partial charge in [-0.25, -0.2) is 0 Å². The first-order valence-electron chi connectivity index (χ1n) is 4.69. The molecule has 0 saturated heterocycles. The Labute approximate surface area is 78.4 Å². The van der Waals surface area contributed by atoms with Gasteiger partial charge in [0.15, 0.2) is 0 Å². The second-order valence-electron chi connectivity index (χ2n) is 3.45. The Morgan fingerprint density at radius 1 is 1.42 bits per heavy atom. The number of hydrogen-bond acceptors (Lipinski definition) is 2. The molecule has 0 aliphatic rings. The van der Waals surface area contributed by atoms with Crippen molar-refractivity contribution < 1.29 is 4.21 Å². The molecule has 0 aromatic rings. The quantitative estimate of drug-likeness (QED) is 0.691. The van der Waals surface area contributed by atoms with E-state index in [2.05, 4.69) is 13.8 Å². The van der Waals surface area contributed by atoms with E-state index in [1.54, 1.807) is 0 Å². The first kappa shape index (κ1) is 12.1. The Bertz CT molecular complexity index is 138. The van der Waals surface area contributed by atoms with E-state index in [9.17, 15) is 4.21 Å². The minimum Gasteiger partial charge on any atom is -0.330 e. The molecular formula is C9H21NOS. The summed E-state index contributed by atoms with van der Waals surface area (Å²) >= 11 is 0. The normalized spacial score (nSPS) is 18.7. The van der Waals surface area contributed by atoms with Gasteiger partial charge in [0.05, 0.1) is 0 Å². The van der Waals surface area contributed by atoms with E-state index < -0.39 is 10.8 Å². The van der Waals surface area contributed by atoms with Crippen molar-refractivity contribution in [2.45, 2.75) is 38.9 Å². The smallest absolute Gasteiger partial charge is 0.0331 e. The standard InChI is InChI=1S/C9H21NOS/c1-4-8(2)7-12(11)9(3)5-6-10/h8-9H,4-7,10H2,1-3H3. The van der Waals surface area contributed by atoms with Crippen LogP contribution in [0.3, 0.4) is 0 Å². The Balaban J connectivity index is 3.70. The van der Waals surface area contributed by atoms with Crippen molar-refractivity contribution in [3.63, 3.8) is 0 Å². The minimum absolute atomic E-state index is 0.268. The Morgan fingerprint density at radius 3 is 2.42 bits per heavy atom. The lowest BCUT2D eigenvalue weighted by Gasteiger charge is -2.13. The highest BCUT2D eigenvalue weighted by atomic mass is 32.2. The molecule has 3 heteroatoms. The summed E-state index contributed by atoms with van der Waals surface area (Å²) in [6, 6.07) is 0. The van der Waals surface area contributed by atoms with Gasteiger partial charge < -0.3 is 5.73 Å². The summed E-state index contributed by atoms with van der Waals surface area (Å²) in [5.41, 5.74) is 5.40. The molecule has 12 heavy (non-hydrogen) atoms. The van der Waals surface area contributed by atoms with Crippen molar-refractivity contribution in [2.24, 2.45) is 11.7 Å². The summed E-state index contributed by atoms with van der Waals surface area (Å²) in [5, 5.41) is 0.268. The summed E-state index contributed by atoms with van der Waals surface area (Å²) in [6.45, 7) is 6.95. The Morgan fingerprint density at radius 2 is 2.00 bits per heavy atom. The fraction of sp³-hybridized carbons (Fsp3) is 1.00. The highest BCUT2D eigenvalue weighted by molar-refractivity contribution is 7.85. The van der Waals surface area contributed by atoms with Crippen molar-refractivity contribution in [1.29, 1.82) is 0 Å². The molecule has 0 amide bonds. The Hall–Kier alpha value is 0.110. The molecule has 2 nitrogen and oxygen atoms in total. The molecule has 0 bridgehead atoms. The van der Waals surface area contributed by atoms with Crippen LogP contribution in [-0.2, 0) is 10.8 Å². The molecule has 3 unspecified atom stereocenters. The topological polar surface area (TPSA) is 43.1 Å². The van der Waals surface area contributed by atoms with E-state index in [0.717, 1.165) is 18.6 Å². The molecule has 0 aromatic carbocycles. The van der Waals surface area contributed by atoms with Gasteiger partial charge in [0.25, 0.3) is 0 Å². The van der Waals surface area contributed by atoms with E-state index >= 15 is 0 Å². The van der Waals surface area contributed by atoms with Crippen molar-refractivity contribution in [2.75, 3.05) is 12.3 Å². The van der Waals surface area contributed by atoms with E-state index in [4.69, 9.17) is 5.73 Å². The molecule has 0 aliphatic heterocycles. The predicted octanol–water partition coefficient (Wildman–Crippen LogP) is 1.52. The maximum atomic E-state index is 11.6. The van der Waals surface area contributed by atoms with E-state index in [0.29, 0.717) is 12.5 Å². The fourth-order valence-electron chi connectivity index (χ4n) is 0.929.